The quantitative estimate of drug-likeness (QED) is 0.561. The molecule has 1 aliphatic carbocycles. The molecule has 4 aliphatic heterocycles. The summed E-state index contributed by atoms with van der Waals surface area (Å²) in [5.74, 6) is 0.251. The summed E-state index contributed by atoms with van der Waals surface area (Å²) in [6.45, 7) is 0.696. The number of rotatable bonds is 0. The molecule has 2 aromatic rings. The molecular weight excluding hydrogens is 412 g/mol. The summed E-state index contributed by atoms with van der Waals surface area (Å²) in [6.07, 6.45) is 9.52. The van der Waals surface area contributed by atoms with E-state index < -0.39 is 16.9 Å². The predicted molar refractivity (Wildman–Crippen MR) is 125 cm³/mol. The Morgan fingerprint density at radius 2 is 1.48 bits per heavy atom. The highest BCUT2D eigenvalue weighted by molar-refractivity contribution is 6.03. The Balaban J connectivity index is 1.53. The zero-order chi connectivity index (χ0) is 22.3. The summed E-state index contributed by atoms with van der Waals surface area (Å²) in [5, 5.41) is 0. The molecule has 3 fully saturated rings. The summed E-state index contributed by atoms with van der Waals surface area (Å²) < 4.78 is 7.19. The Hall–Kier alpha value is -2.66. The number of carbonyl (C=O) groups excluding carboxylic acids is 2. The minimum Gasteiger partial charge on any atom is -0.323 e. The molecule has 2 saturated heterocycles. The van der Waals surface area contributed by atoms with Gasteiger partial charge in [-0.1, -0.05) is 62.1 Å². The fraction of sp³-hybridized carbons (Fsp3) is 0.500. The number of amides is 2. The number of para-hydroxylation sites is 1. The molecule has 5 nitrogen and oxygen atoms in total. The van der Waals surface area contributed by atoms with Crippen LogP contribution in [0.15, 0.2) is 48.5 Å². The summed E-state index contributed by atoms with van der Waals surface area (Å²) in [5.41, 5.74) is 1.98. The monoisotopic (exact) mass is 442 g/mol. The molecule has 5 aliphatic rings. The van der Waals surface area contributed by atoms with Crippen LogP contribution in [0.4, 0.5) is 5.69 Å². The molecule has 3 atom stereocenters. The van der Waals surface area contributed by atoms with Crippen LogP contribution in [-0.4, -0.2) is 29.0 Å². The first-order valence-corrected chi connectivity index (χ1v) is 12.7. The predicted octanol–water partition coefficient (Wildman–Crippen LogP) is 5.23. The number of ether oxygens (including phenoxy) is 1. The smallest absolute Gasteiger partial charge is 0.256 e. The molecule has 0 radical (unpaired) electrons. The van der Waals surface area contributed by atoms with E-state index in [4.69, 9.17) is 4.74 Å². The summed E-state index contributed by atoms with van der Waals surface area (Å²) in [6, 6.07) is 16.4. The lowest BCUT2D eigenvalue weighted by Gasteiger charge is -2.71. The number of benzene rings is 2. The number of nitrogens with zero attached hydrogens (tertiary/aromatic N) is 2. The van der Waals surface area contributed by atoms with Gasteiger partial charge >= 0.3 is 0 Å². The van der Waals surface area contributed by atoms with Gasteiger partial charge in [0.15, 0.2) is 11.4 Å². The average molecular weight is 443 g/mol. The Bertz CT molecular complexity index is 1180. The number of fused-ring (bicyclic) bond motifs is 3. The number of hydrogen-bond acceptors (Lipinski definition) is 3. The number of carbonyl (C=O) groups is 2. The lowest BCUT2D eigenvalue weighted by atomic mass is 9.53. The molecule has 2 spiro atoms. The third-order valence-electron chi connectivity index (χ3n) is 9.01. The molecule has 0 unspecified atom stereocenters. The second-order valence-corrected chi connectivity index (χ2v) is 10.4. The van der Waals surface area contributed by atoms with E-state index in [2.05, 4.69) is 24.3 Å². The molecule has 1 saturated carbocycles. The third-order valence-corrected chi connectivity index (χ3v) is 9.01. The van der Waals surface area contributed by atoms with E-state index in [-0.39, 0.29) is 11.8 Å². The van der Waals surface area contributed by atoms with Crippen molar-refractivity contribution in [1.82, 2.24) is 4.90 Å². The van der Waals surface area contributed by atoms with Crippen LogP contribution in [-0.2, 0) is 20.7 Å². The van der Waals surface area contributed by atoms with E-state index in [9.17, 15) is 9.59 Å². The van der Waals surface area contributed by atoms with Gasteiger partial charge in [-0.15, -0.1) is 0 Å². The lowest BCUT2D eigenvalue weighted by molar-refractivity contribution is -0.396. The van der Waals surface area contributed by atoms with Crippen molar-refractivity contribution < 1.29 is 14.3 Å². The highest BCUT2D eigenvalue weighted by Crippen LogP contribution is 2.77. The maximum absolute atomic E-state index is 13.8. The summed E-state index contributed by atoms with van der Waals surface area (Å²) in [4.78, 5) is 31.7. The van der Waals surface area contributed by atoms with Crippen molar-refractivity contribution >= 4 is 17.5 Å². The summed E-state index contributed by atoms with van der Waals surface area (Å²) in [7, 11) is 0. The van der Waals surface area contributed by atoms with Gasteiger partial charge in [-0.05, 0) is 49.8 Å². The van der Waals surface area contributed by atoms with E-state index in [1.165, 1.54) is 5.56 Å². The molecule has 2 amide bonds. The van der Waals surface area contributed by atoms with Gasteiger partial charge in [0.25, 0.3) is 5.91 Å². The topological polar surface area (TPSA) is 49.9 Å². The van der Waals surface area contributed by atoms with Crippen molar-refractivity contribution in [2.75, 3.05) is 11.4 Å². The van der Waals surface area contributed by atoms with Gasteiger partial charge in [0.1, 0.15) is 0 Å². The van der Waals surface area contributed by atoms with E-state index in [1.54, 1.807) is 0 Å². The van der Waals surface area contributed by atoms with Crippen LogP contribution in [0.2, 0.25) is 0 Å². The molecule has 7 rings (SSSR count). The lowest BCUT2D eigenvalue weighted by Crippen LogP contribution is -2.84. The molecule has 5 heteroatoms. The van der Waals surface area contributed by atoms with Crippen LogP contribution >= 0.6 is 0 Å². The van der Waals surface area contributed by atoms with Gasteiger partial charge < -0.3 is 9.64 Å². The maximum Gasteiger partial charge on any atom is 0.256 e. The van der Waals surface area contributed by atoms with Crippen molar-refractivity contribution in [1.29, 1.82) is 0 Å². The van der Waals surface area contributed by atoms with Crippen LogP contribution < -0.4 is 4.90 Å². The van der Waals surface area contributed by atoms with E-state index >= 15 is 0 Å². The normalized spacial score (nSPS) is 34.8. The van der Waals surface area contributed by atoms with Crippen molar-refractivity contribution in [2.24, 2.45) is 0 Å². The van der Waals surface area contributed by atoms with E-state index in [1.807, 2.05) is 34.1 Å². The Kier molecular flexibility index (Phi) is 4.01. The molecule has 2 aromatic carbocycles. The SMILES string of the molecule is O=C1CCCCCCCN2C(=O)c3ccccc3[C@]23O[C@]24CCCC[C@@]23c2ccccc2N14. The van der Waals surface area contributed by atoms with Crippen molar-refractivity contribution in [2.45, 2.75) is 81.1 Å². The van der Waals surface area contributed by atoms with E-state index in [0.717, 1.165) is 74.6 Å². The second kappa shape index (κ2) is 6.69. The highest BCUT2D eigenvalue weighted by atomic mass is 16.6. The van der Waals surface area contributed by atoms with Gasteiger partial charge in [-0.2, -0.15) is 0 Å². The van der Waals surface area contributed by atoms with E-state index in [0.29, 0.717) is 13.0 Å². The molecule has 33 heavy (non-hydrogen) atoms. The van der Waals surface area contributed by atoms with Crippen LogP contribution in [0, 0.1) is 0 Å². The second-order valence-electron chi connectivity index (χ2n) is 10.4. The zero-order valence-corrected chi connectivity index (χ0v) is 19.0. The first-order valence-electron chi connectivity index (χ1n) is 12.7. The van der Waals surface area contributed by atoms with Crippen molar-refractivity contribution in [3.05, 3.63) is 65.2 Å². The van der Waals surface area contributed by atoms with Crippen LogP contribution in [0.3, 0.4) is 0 Å². The fourth-order valence-corrected chi connectivity index (χ4v) is 7.87. The molecule has 0 aromatic heterocycles. The molecule has 4 heterocycles. The minimum absolute atomic E-state index is 0.0799. The van der Waals surface area contributed by atoms with Gasteiger partial charge in [-0.25, -0.2) is 0 Å². The summed E-state index contributed by atoms with van der Waals surface area (Å²) >= 11 is 0. The van der Waals surface area contributed by atoms with Crippen LogP contribution in [0.1, 0.15) is 85.7 Å². The molecule has 0 N–H and O–H groups in total. The maximum atomic E-state index is 13.8. The standard InChI is InChI=1S/C28H30N2O3/c31-24-16-4-2-1-3-11-19-29-25(32)20-12-5-6-13-21(20)28(29)26-17-9-10-18-27(26,33-28)30(24)23-15-8-7-14-22(23)26/h5-8,12-15H,1-4,9-11,16-19H2/t26-,27-,28-/m1/s1. The fourth-order valence-electron chi connectivity index (χ4n) is 7.87. The average Bonchev–Trinajstić information content (AvgIpc) is 3.21. The molecule has 170 valence electrons. The first kappa shape index (κ1) is 19.8. The van der Waals surface area contributed by atoms with Gasteiger partial charge in [0.05, 0.1) is 11.1 Å². The Morgan fingerprint density at radius 1 is 0.758 bits per heavy atom. The van der Waals surface area contributed by atoms with Crippen molar-refractivity contribution in [3.63, 3.8) is 0 Å². The van der Waals surface area contributed by atoms with Gasteiger partial charge in [0.2, 0.25) is 5.91 Å². The largest absolute Gasteiger partial charge is 0.323 e. The minimum atomic E-state index is -0.833. The molecule has 2 bridgehead atoms. The van der Waals surface area contributed by atoms with Crippen LogP contribution in [0.25, 0.3) is 0 Å². The molecular formula is C28H30N2O3. The van der Waals surface area contributed by atoms with Crippen LogP contribution in [0.5, 0.6) is 0 Å². The van der Waals surface area contributed by atoms with Gasteiger partial charge in [0, 0.05) is 24.1 Å². The number of hydrogen-bond donors (Lipinski definition) is 0. The Morgan fingerprint density at radius 3 is 2.39 bits per heavy atom. The number of anilines is 1. The zero-order valence-electron chi connectivity index (χ0n) is 19.0. The Labute approximate surface area is 194 Å². The van der Waals surface area contributed by atoms with Gasteiger partial charge in [-0.3, -0.25) is 14.5 Å². The van der Waals surface area contributed by atoms with Crippen molar-refractivity contribution in [3.8, 4) is 0 Å². The highest BCUT2D eigenvalue weighted by Gasteiger charge is 2.86. The third kappa shape index (κ3) is 2.09. The first-order chi connectivity index (χ1) is 16.2.